The Hall–Kier alpha value is -3.54. The molecular formula is C25H26F4N6O2. The van der Waals surface area contributed by atoms with Crippen molar-refractivity contribution in [3.63, 3.8) is 0 Å². The molecule has 0 saturated heterocycles. The first-order valence-electron chi connectivity index (χ1n) is 12.0. The number of hydrogen-bond donors (Lipinski definition) is 2. The summed E-state index contributed by atoms with van der Waals surface area (Å²) in [4.78, 5) is 10.1. The Balaban J connectivity index is 1.38. The number of aromatic hydroxyl groups is 1. The quantitative estimate of drug-likeness (QED) is 0.449. The normalized spacial score (nSPS) is 24.1. The van der Waals surface area contributed by atoms with Crippen LogP contribution in [0.2, 0.25) is 0 Å². The van der Waals surface area contributed by atoms with Crippen LogP contribution in [0.4, 0.5) is 23.5 Å². The molecule has 37 heavy (non-hydrogen) atoms. The van der Waals surface area contributed by atoms with Gasteiger partial charge in [-0.3, -0.25) is 4.98 Å². The highest BCUT2D eigenvalue weighted by molar-refractivity contribution is 5.74. The topological polar surface area (TPSA) is 110 Å². The van der Waals surface area contributed by atoms with Crippen LogP contribution in [0.15, 0.2) is 42.9 Å². The molecule has 0 amide bonds. The van der Waals surface area contributed by atoms with Crippen LogP contribution in [0, 0.1) is 0 Å². The third-order valence-electron chi connectivity index (χ3n) is 6.83. The summed E-state index contributed by atoms with van der Waals surface area (Å²) in [6.45, 7) is 1.60. The molecule has 8 nitrogen and oxygen atoms in total. The van der Waals surface area contributed by atoms with Crippen molar-refractivity contribution in [2.45, 2.75) is 69.2 Å². The van der Waals surface area contributed by atoms with E-state index in [-0.39, 0.29) is 17.8 Å². The Morgan fingerprint density at radius 1 is 1.08 bits per heavy atom. The van der Waals surface area contributed by atoms with Crippen LogP contribution in [0.1, 0.15) is 39.0 Å². The highest BCUT2D eigenvalue weighted by Gasteiger charge is 2.48. The Bertz CT molecular complexity index is 1270. The Labute approximate surface area is 210 Å². The minimum atomic E-state index is -4.84. The largest absolute Gasteiger partial charge is 0.573 e. The van der Waals surface area contributed by atoms with Gasteiger partial charge in [-0.2, -0.15) is 0 Å². The zero-order chi connectivity index (χ0) is 26.4. The van der Waals surface area contributed by atoms with Crippen molar-refractivity contribution in [3.8, 4) is 33.9 Å². The third-order valence-corrected chi connectivity index (χ3v) is 6.83. The molecule has 0 aliphatic heterocycles. The number of alkyl halides is 4. The minimum Gasteiger partial charge on any atom is -0.507 e. The fourth-order valence-electron chi connectivity index (χ4n) is 4.80. The molecule has 0 bridgehead atoms. The second-order valence-electron chi connectivity index (χ2n) is 9.80. The number of benzene rings is 1. The van der Waals surface area contributed by atoms with Crippen molar-refractivity contribution in [3.05, 3.63) is 42.9 Å². The number of ether oxygens (including phenoxy) is 1. The molecule has 3 N–H and O–H groups in total. The van der Waals surface area contributed by atoms with E-state index in [9.17, 15) is 18.3 Å². The molecule has 0 radical (unpaired) electrons. The first-order chi connectivity index (χ1) is 17.5. The standard InChI is InChI=1S/C25H26F4N6O2/c1-24(26)7-6-16(30)10-22(24)35(17-3-4-17)23-32-13-20(33-34-23)19-5-2-14(9-21(19)36)15-8-18(12-31-11-15)37-25(27,28)29/h2,5,8-9,11-13,16-17,22,36H,3-4,6-7,10,30H2,1H3/t16-,22-,24+/m0/s1. The maximum Gasteiger partial charge on any atom is 0.573 e. The van der Waals surface area contributed by atoms with Gasteiger partial charge in [0, 0.05) is 29.4 Å². The average Bonchev–Trinajstić information content (AvgIpc) is 3.67. The fourth-order valence-corrected chi connectivity index (χ4v) is 4.80. The van der Waals surface area contributed by atoms with Gasteiger partial charge in [-0.05, 0) is 62.8 Å². The van der Waals surface area contributed by atoms with E-state index in [1.54, 1.807) is 19.1 Å². The second-order valence-corrected chi connectivity index (χ2v) is 9.80. The summed E-state index contributed by atoms with van der Waals surface area (Å²) < 4.78 is 56.9. The zero-order valence-corrected chi connectivity index (χ0v) is 20.0. The number of anilines is 1. The lowest BCUT2D eigenvalue weighted by atomic mass is 9.80. The van der Waals surface area contributed by atoms with Crippen LogP contribution in [-0.2, 0) is 0 Å². The van der Waals surface area contributed by atoms with Crippen molar-refractivity contribution in [1.29, 1.82) is 0 Å². The highest BCUT2D eigenvalue weighted by atomic mass is 19.4. The molecule has 1 aromatic carbocycles. The lowest BCUT2D eigenvalue weighted by molar-refractivity contribution is -0.274. The van der Waals surface area contributed by atoms with E-state index in [4.69, 9.17) is 5.73 Å². The molecule has 0 spiro atoms. The van der Waals surface area contributed by atoms with E-state index in [0.29, 0.717) is 47.6 Å². The Morgan fingerprint density at radius 2 is 1.86 bits per heavy atom. The molecule has 2 aliphatic rings. The van der Waals surface area contributed by atoms with Crippen molar-refractivity contribution >= 4 is 5.95 Å². The Morgan fingerprint density at radius 3 is 2.51 bits per heavy atom. The molecule has 2 aromatic heterocycles. The first-order valence-corrected chi connectivity index (χ1v) is 12.0. The summed E-state index contributed by atoms with van der Waals surface area (Å²) in [5, 5.41) is 19.1. The van der Waals surface area contributed by atoms with Crippen molar-refractivity contribution < 1.29 is 27.4 Å². The number of aromatic nitrogens is 4. The van der Waals surface area contributed by atoms with Gasteiger partial charge in [-0.25, -0.2) is 9.37 Å². The van der Waals surface area contributed by atoms with Gasteiger partial charge in [-0.1, -0.05) is 6.07 Å². The lowest BCUT2D eigenvalue weighted by Gasteiger charge is -2.44. The fraction of sp³-hybridized carbons (Fsp3) is 0.440. The van der Waals surface area contributed by atoms with E-state index in [1.165, 1.54) is 24.5 Å². The molecule has 5 rings (SSSR count). The van der Waals surface area contributed by atoms with Crippen LogP contribution in [-0.4, -0.2) is 55.4 Å². The number of phenols is 1. The highest BCUT2D eigenvalue weighted by Crippen LogP contribution is 2.42. The van der Waals surface area contributed by atoms with Crippen molar-refractivity contribution in [1.82, 2.24) is 20.2 Å². The molecule has 2 aliphatic carbocycles. The van der Waals surface area contributed by atoms with Crippen LogP contribution >= 0.6 is 0 Å². The summed E-state index contributed by atoms with van der Waals surface area (Å²) in [5.74, 6) is -0.322. The number of hydrogen-bond acceptors (Lipinski definition) is 8. The smallest absolute Gasteiger partial charge is 0.507 e. The van der Waals surface area contributed by atoms with Crippen LogP contribution < -0.4 is 15.4 Å². The summed E-state index contributed by atoms with van der Waals surface area (Å²) >= 11 is 0. The van der Waals surface area contributed by atoms with Gasteiger partial charge in [0.1, 0.15) is 22.9 Å². The summed E-state index contributed by atoms with van der Waals surface area (Å²) in [7, 11) is 0. The van der Waals surface area contributed by atoms with Gasteiger partial charge < -0.3 is 20.5 Å². The maximum absolute atomic E-state index is 15.4. The number of nitrogens with two attached hydrogens (primary N) is 1. The van der Waals surface area contributed by atoms with Gasteiger partial charge in [0.05, 0.1) is 18.4 Å². The van der Waals surface area contributed by atoms with Gasteiger partial charge in [0.2, 0.25) is 5.95 Å². The maximum atomic E-state index is 15.4. The molecule has 2 fully saturated rings. The van der Waals surface area contributed by atoms with E-state index in [2.05, 4.69) is 24.9 Å². The van der Waals surface area contributed by atoms with Gasteiger partial charge >= 0.3 is 6.36 Å². The molecule has 3 aromatic rings. The van der Waals surface area contributed by atoms with Crippen molar-refractivity contribution in [2.24, 2.45) is 5.73 Å². The number of halogens is 4. The number of pyridine rings is 1. The van der Waals surface area contributed by atoms with Gasteiger partial charge in [0.25, 0.3) is 0 Å². The van der Waals surface area contributed by atoms with Crippen LogP contribution in [0.25, 0.3) is 22.4 Å². The average molecular weight is 519 g/mol. The third kappa shape index (κ3) is 5.58. The second kappa shape index (κ2) is 9.40. The monoisotopic (exact) mass is 518 g/mol. The Kier molecular flexibility index (Phi) is 6.38. The molecular weight excluding hydrogens is 492 g/mol. The van der Waals surface area contributed by atoms with Crippen molar-refractivity contribution in [2.75, 3.05) is 4.90 Å². The summed E-state index contributed by atoms with van der Waals surface area (Å²) in [6, 6.07) is 5.32. The van der Waals surface area contributed by atoms with E-state index >= 15 is 4.39 Å². The molecule has 0 unspecified atom stereocenters. The van der Waals surface area contributed by atoms with E-state index in [1.807, 2.05) is 4.90 Å². The predicted octanol–water partition coefficient (Wildman–Crippen LogP) is 4.78. The van der Waals surface area contributed by atoms with Crippen LogP contribution in [0.5, 0.6) is 11.5 Å². The van der Waals surface area contributed by atoms with E-state index < -0.39 is 23.8 Å². The number of rotatable bonds is 6. The predicted molar refractivity (Wildman–Crippen MR) is 127 cm³/mol. The van der Waals surface area contributed by atoms with Gasteiger partial charge in [-0.15, -0.1) is 23.4 Å². The molecule has 196 valence electrons. The summed E-state index contributed by atoms with van der Waals surface area (Å²) in [5.41, 5.74) is 6.10. The van der Waals surface area contributed by atoms with Gasteiger partial charge in [0.15, 0.2) is 0 Å². The SMILES string of the molecule is C[C@@]1(F)CC[C@H](N)C[C@@H]1N(c1ncc(-c2ccc(-c3cncc(OC(F)(F)F)c3)cc2O)nn1)C1CC1. The zero-order valence-electron chi connectivity index (χ0n) is 20.0. The molecule has 3 atom stereocenters. The molecule has 2 saturated carbocycles. The summed E-state index contributed by atoms with van der Waals surface area (Å²) in [6.07, 6.45) is 2.26. The molecule has 2 heterocycles. The molecule has 12 heteroatoms. The lowest BCUT2D eigenvalue weighted by Crippen LogP contribution is -2.56. The first kappa shape index (κ1) is 25.1. The number of phenolic OH excluding ortho intramolecular Hbond substituents is 1. The van der Waals surface area contributed by atoms with E-state index in [0.717, 1.165) is 19.0 Å². The minimum absolute atomic E-state index is 0.0892. The van der Waals surface area contributed by atoms with Crippen LogP contribution in [0.3, 0.4) is 0 Å². The number of nitrogens with zero attached hydrogens (tertiary/aromatic N) is 5.